The highest BCUT2D eigenvalue weighted by molar-refractivity contribution is 5.85. The van der Waals surface area contributed by atoms with Crippen LogP contribution in [0.15, 0.2) is 42.2 Å². The van der Waals surface area contributed by atoms with E-state index in [4.69, 9.17) is 9.84 Å². The van der Waals surface area contributed by atoms with Gasteiger partial charge in [0, 0.05) is 0 Å². The lowest BCUT2D eigenvalue weighted by atomic mass is 10.3. The molecule has 2 N–H and O–H groups in total. The number of carboxylic acids is 1. The number of nitrogens with zero attached hydrogens (tertiary/aromatic N) is 1. The first kappa shape index (κ1) is 11.2. The first-order valence-corrected chi connectivity index (χ1v) is 5.19. The second kappa shape index (κ2) is 5.16. The summed E-state index contributed by atoms with van der Waals surface area (Å²) in [5.41, 5.74) is 0.629. The number of H-pyrrole nitrogens is 1. The molecule has 88 valence electrons. The van der Waals surface area contributed by atoms with Crippen molar-refractivity contribution >= 4 is 5.97 Å². The van der Waals surface area contributed by atoms with E-state index in [0.717, 1.165) is 12.2 Å². The SMILES string of the molecule is O=C(O)c1cc(COC2=CCC=CC=C2)[nH]n1. The smallest absolute Gasteiger partial charge is 0.356 e. The van der Waals surface area contributed by atoms with Crippen LogP contribution in [-0.4, -0.2) is 21.3 Å². The molecule has 0 aromatic carbocycles. The number of aromatic amines is 1. The van der Waals surface area contributed by atoms with Gasteiger partial charge in [0.25, 0.3) is 0 Å². The van der Waals surface area contributed by atoms with E-state index >= 15 is 0 Å². The molecule has 17 heavy (non-hydrogen) atoms. The van der Waals surface area contributed by atoms with E-state index in [-0.39, 0.29) is 12.3 Å². The Kier molecular flexibility index (Phi) is 3.40. The zero-order valence-corrected chi connectivity index (χ0v) is 9.09. The fourth-order valence-electron chi connectivity index (χ4n) is 1.37. The van der Waals surface area contributed by atoms with Gasteiger partial charge in [0.1, 0.15) is 12.4 Å². The van der Waals surface area contributed by atoms with Crippen LogP contribution in [0.1, 0.15) is 22.6 Å². The van der Waals surface area contributed by atoms with Crippen LogP contribution in [0, 0.1) is 0 Å². The molecular weight excluding hydrogens is 220 g/mol. The van der Waals surface area contributed by atoms with Crippen molar-refractivity contribution in [3.05, 3.63) is 53.6 Å². The normalized spacial score (nSPS) is 14.2. The minimum atomic E-state index is -1.05. The number of carbonyl (C=O) groups is 1. The molecule has 0 saturated heterocycles. The Bertz CT molecular complexity index is 498. The van der Waals surface area contributed by atoms with Gasteiger partial charge in [-0.3, -0.25) is 5.10 Å². The molecule has 0 radical (unpaired) electrons. The summed E-state index contributed by atoms with van der Waals surface area (Å²) >= 11 is 0. The third-order valence-electron chi connectivity index (χ3n) is 2.21. The first-order chi connectivity index (χ1) is 8.25. The number of carboxylic acid groups (broad SMARTS) is 1. The van der Waals surface area contributed by atoms with Gasteiger partial charge in [0.15, 0.2) is 5.69 Å². The standard InChI is InChI=1S/C12H12N2O3/c15-12(16)11-7-9(13-14-11)8-17-10-5-3-1-2-4-6-10/h1-3,5-7H,4,8H2,(H,13,14)(H,15,16). The Hall–Kier alpha value is -2.30. The molecule has 1 heterocycles. The van der Waals surface area contributed by atoms with Gasteiger partial charge in [-0.2, -0.15) is 5.10 Å². The predicted molar refractivity (Wildman–Crippen MR) is 61.3 cm³/mol. The Labute approximate surface area is 98.1 Å². The second-order valence-corrected chi connectivity index (χ2v) is 3.50. The summed E-state index contributed by atoms with van der Waals surface area (Å²) in [6.07, 6.45) is 10.5. The molecule has 0 atom stereocenters. The lowest BCUT2D eigenvalue weighted by Crippen LogP contribution is -1.95. The van der Waals surface area contributed by atoms with Gasteiger partial charge in [0.2, 0.25) is 0 Å². The number of hydrogen-bond donors (Lipinski definition) is 2. The van der Waals surface area contributed by atoms with Crippen LogP contribution in [0.3, 0.4) is 0 Å². The van der Waals surface area contributed by atoms with E-state index in [1.807, 2.05) is 30.4 Å². The van der Waals surface area contributed by atoms with Gasteiger partial charge < -0.3 is 9.84 Å². The number of rotatable bonds is 4. The Balaban J connectivity index is 1.93. The fraction of sp³-hybridized carbons (Fsp3) is 0.167. The summed E-state index contributed by atoms with van der Waals surface area (Å²) in [7, 11) is 0. The number of hydrogen-bond acceptors (Lipinski definition) is 3. The fourth-order valence-corrected chi connectivity index (χ4v) is 1.37. The predicted octanol–water partition coefficient (Wildman–Crippen LogP) is 2.02. The first-order valence-electron chi connectivity index (χ1n) is 5.19. The van der Waals surface area contributed by atoms with Crippen LogP contribution in [0.25, 0.3) is 0 Å². The van der Waals surface area contributed by atoms with Crippen molar-refractivity contribution in [1.29, 1.82) is 0 Å². The molecule has 1 aliphatic rings. The summed E-state index contributed by atoms with van der Waals surface area (Å²) in [5.74, 6) is -0.285. The molecule has 0 bridgehead atoms. The van der Waals surface area contributed by atoms with Crippen molar-refractivity contribution in [3.63, 3.8) is 0 Å². The van der Waals surface area contributed by atoms with Crippen LogP contribution in [-0.2, 0) is 11.3 Å². The van der Waals surface area contributed by atoms with E-state index in [1.54, 1.807) is 0 Å². The largest absolute Gasteiger partial charge is 0.488 e. The highest BCUT2D eigenvalue weighted by Gasteiger charge is 2.08. The number of aromatic nitrogens is 2. The topological polar surface area (TPSA) is 75.2 Å². The maximum Gasteiger partial charge on any atom is 0.356 e. The average molecular weight is 232 g/mol. The summed E-state index contributed by atoms with van der Waals surface area (Å²) < 4.78 is 5.51. The summed E-state index contributed by atoms with van der Waals surface area (Å²) in [6.45, 7) is 0.274. The molecular formula is C12H12N2O3. The lowest BCUT2D eigenvalue weighted by molar-refractivity contribution is 0.0690. The molecule has 5 heteroatoms. The minimum absolute atomic E-state index is 0.00402. The average Bonchev–Trinajstić information content (AvgIpc) is 2.63. The Morgan fingerprint density at radius 3 is 3.18 bits per heavy atom. The summed E-state index contributed by atoms with van der Waals surface area (Å²) in [6, 6.07) is 1.46. The van der Waals surface area contributed by atoms with Gasteiger partial charge in [-0.05, 0) is 24.6 Å². The zero-order chi connectivity index (χ0) is 12.1. The van der Waals surface area contributed by atoms with Gasteiger partial charge in [-0.15, -0.1) is 0 Å². The highest BCUT2D eigenvalue weighted by atomic mass is 16.5. The van der Waals surface area contributed by atoms with E-state index in [0.29, 0.717) is 5.69 Å². The van der Waals surface area contributed by atoms with Gasteiger partial charge in [0.05, 0.1) is 5.69 Å². The van der Waals surface area contributed by atoms with Gasteiger partial charge in [-0.1, -0.05) is 18.2 Å². The molecule has 0 aliphatic heterocycles. The molecule has 0 spiro atoms. The van der Waals surface area contributed by atoms with Crippen molar-refractivity contribution in [1.82, 2.24) is 10.2 Å². The summed E-state index contributed by atoms with van der Waals surface area (Å²) in [5, 5.41) is 15.0. The van der Waals surface area contributed by atoms with Crippen molar-refractivity contribution in [2.24, 2.45) is 0 Å². The van der Waals surface area contributed by atoms with Crippen LogP contribution < -0.4 is 0 Å². The lowest BCUT2D eigenvalue weighted by Gasteiger charge is -2.04. The maximum absolute atomic E-state index is 10.6. The van der Waals surface area contributed by atoms with E-state index in [2.05, 4.69) is 10.2 Å². The quantitative estimate of drug-likeness (QED) is 0.832. The van der Waals surface area contributed by atoms with Crippen LogP contribution in [0.4, 0.5) is 0 Å². The third-order valence-corrected chi connectivity index (χ3v) is 2.21. The molecule has 0 saturated carbocycles. The maximum atomic E-state index is 10.6. The van der Waals surface area contributed by atoms with Crippen molar-refractivity contribution in [3.8, 4) is 0 Å². The minimum Gasteiger partial charge on any atom is -0.488 e. The molecule has 5 nitrogen and oxygen atoms in total. The molecule has 0 unspecified atom stereocenters. The molecule has 1 aromatic heterocycles. The molecule has 1 aromatic rings. The number of nitrogens with one attached hydrogen (secondary N) is 1. The zero-order valence-electron chi connectivity index (χ0n) is 9.09. The van der Waals surface area contributed by atoms with Crippen molar-refractivity contribution in [2.45, 2.75) is 13.0 Å². The van der Waals surface area contributed by atoms with Crippen LogP contribution >= 0.6 is 0 Å². The Morgan fingerprint density at radius 1 is 1.53 bits per heavy atom. The third kappa shape index (κ3) is 3.07. The second-order valence-electron chi connectivity index (χ2n) is 3.50. The van der Waals surface area contributed by atoms with Crippen LogP contribution in [0.5, 0.6) is 0 Å². The van der Waals surface area contributed by atoms with E-state index < -0.39 is 5.97 Å². The molecule has 1 aliphatic carbocycles. The molecule has 2 rings (SSSR count). The van der Waals surface area contributed by atoms with Gasteiger partial charge in [-0.25, -0.2) is 4.79 Å². The van der Waals surface area contributed by atoms with Crippen LogP contribution in [0.2, 0.25) is 0 Å². The van der Waals surface area contributed by atoms with Crippen molar-refractivity contribution in [2.75, 3.05) is 0 Å². The van der Waals surface area contributed by atoms with E-state index in [1.165, 1.54) is 6.07 Å². The van der Waals surface area contributed by atoms with Gasteiger partial charge >= 0.3 is 5.97 Å². The van der Waals surface area contributed by atoms with Crippen molar-refractivity contribution < 1.29 is 14.6 Å². The summed E-state index contributed by atoms with van der Waals surface area (Å²) in [4.78, 5) is 10.6. The number of ether oxygens (including phenoxy) is 1. The highest BCUT2D eigenvalue weighted by Crippen LogP contribution is 2.10. The number of allylic oxidation sites excluding steroid dienone is 5. The molecule has 0 fully saturated rings. The Morgan fingerprint density at radius 2 is 2.41 bits per heavy atom. The monoisotopic (exact) mass is 232 g/mol. The van der Waals surface area contributed by atoms with E-state index in [9.17, 15) is 4.79 Å². The number of aromatic carboxylic acids is 1. The molecule has 0 amide bonds.